The SMILES string of the molecule is CC1=C(OCCN)C(c2ccccc2C)C([N+](=O)[O-])=C(C)N1C=O. The van der Waals surface area contributed by atoms with Gasteiger partial charge in [0.25, 0.3) is 5.70 Å². The van der Waals surface area contributed by atoms with Gasteiger partial charge in [0.15, 0.2) is 0 Å². The van der Waals surface area contributed by atoms with Crippen LogP contribution in [-0.4, -0.2) is 29.4 Å². The Labute approximate surface area is 140 Å². The lowest BCUT2D eigenvalue weighted by atomic mass is 9.86. The summed E-state index contributed by atoms with van der Waals surface area (Å²) in [5.41, 5.74) is 7.98. The highest BCUT2D eigenvalue weighted by atomic mass is 16.6. The predicted molar refractivity (Wildman–Crippen MR) is 89.2 cm³/mol. The van der Waals surface area contributed by atoms with Crippen LogP contribution >= 0.6 is 0 Å². The van der Waals surface area contributed by atoms with Gasteiger partial charge in [0.2, 0.25) is 6.41 Å². The first-order valence-electron chi connectivity index (χ1n) is 7.62. The molecule has 2 rings (SSSR count). The minimum absolute atomic E-state index is 0.0611. The number of nitrogens with zero attached hydrogens (tertiary/aromatic N) is 2. The normalized spacial score (nSPS) is 18.0. The number of carbonyl (C=O) groups is 1. The van der Waals surface area contributed by atoms with E-state index in [-0.39, 0.29) is 18.8 Å². The maximum absolute atomic E-state index is 11.7. The van der Waals surface area contributed by atoms with Crippen LogP contribution in [0.25, 0.3) is 0 Å². The molecule has 0 aliphatic carbocycles. The second kappa shape index (κ2) is 7.27. The van der Waals surface area contributed by atoms with Gasteiger partial charge in [-0.05, 0) is 31.9 Å². The van der Waals surface area contributed by atoms with Crippen LogP contribution in [0.3, 0.4) is 0 Å². The molecule has 0 spiro atoms. The fourth-order valence-electron chi connectivity index (χ4n) is 2.99. The first kappa shape index (κ1) is 17.7. The molecule has 0 saturated carbocycles. The molecule has 128 valence electrons. The second-order valence-electron chi connectivity index (χ2n) is 5.58. The molecule has 1 atom stereocenters. The fraction of sp³-hybridized carbons (Fsp3) is 0.353. The zero-order valence-corrected chi connectivity index (χ0v) is 14.0. The topological polar surface area (TPSA) is 98.7 Å². The Hall–Kier alpha value is -2.67. The van der Waals surface area contributed by atoms with Crippen LogP contribution in [0.15, 0.2) is 47.1 Å². The summed E-state index contributed by atoms with van der Waals surface area (Å²) in [6.45, 7) is 5.66. The maximum Gasteiger partial charge on any atom is 0.280 e. The van der Waals surface area contributed by atoms with E-state index in [1.165, 1.54) is 4.90 Å². The van der Waals surface area contributed by atoms with Crippen LogP contribution in [0.2, 0.25) is 0 Å². The standard InChI is InChI=1S/C17H21N3O4/c1-11-6-4-5-7-14(11)15-16(20(22)23)12(2)19(10-21)13(3)17(15)24-9-8-18/h4-7,10,15H,8-9,18H2,1-3H3. The van der Waals surface area contributed by atoms with E-state index in [1.54, 1.807) is 13.8 Å². The van der Waals surface area contributed by atoms with Crippen molar-refractivity contribution in [2.75, 3.05) is 13.2 Å². The third-order valence-corrected chi connectivity index (χ3v) is 4.16. The van der Waals surface area contributed by atoms with Crippen molar-refractivity contribution in [1.29, 1.82) is 0 Å². The van der Waals surface area contributed by atoms with Crippen LogP contribution in [0, 0.1) is 17.0 Å². The average Bonchev–Trinajstić information content (AvgIpc) is 2.54. The van der Waals surface area contributed by atoms with E-state index in [0.29, 0.717) is 23.6 Å². The lowest BCUT2D eigenvalue weighted by Crippen LogP contribution is -2.32. The van der Waals surface area contributed by atoms with Gasteiger partial charge in [0.1, 0.15) is 18.3 Å². The Balaban J connectivity index is 2.71. The summed E-state index contributed by atoms with van der Waals surface area (Å²) in [4.78, 5) is 24.0. The molecule has 0 aromatic heterocycles. The van der Waals surface area contributed by atoms with Gasteiger partial charge in [-0.15, -0.1) is 0 Å². The molecular weight excluding hydrogens is 310 g/mol. The van der Waals surface area contributed by atoms with Gasteiger partial charge in [-0.1, -0.05) is 24.3 Å². The number of benzene rings is 1. The van der Waals surface area contributed by atoms with E-state index >= 15 is 0 Å². The van der Waals surface area contributed by atoms with Gasteiger partial charge in [-0.3, -0.25) is 19.8 Å². The number of amides is 1. The van der Waals surface area contributed by atoms with Crippen molar-refractivity contribution in [2.24, 2.45) is 5.73 Å². The number of carbonyl (C=O) groups excluding carboxylic acids is 1. The largest absolute Gasteiger partial charge is 0.494 e. The lowest BCUT2D eigenvalue weighted by molar-refractivity contribution is -0.432. The molecule has 1 aliphatic heterocycles. The number of nitrogens with two attached hydrogens (primary N) is 1. The molecule has 0 fully saturated rings. The Morgan fingerprint density at radius 1 is 1.29 bits per heavy atom. The van der Waals surface area contributed by atoms with E-state index in [2.05, 4.69) is 0 Å². The molecule has 0 saturated heterocycles. The van der Waals surface area contributed by atoms with Gasteiger partial charge < -0.3 is 10.5 Å². The number of hydrogen-bond donors (Lipinski definition) is 1. The van der Waals surface area contributed by atoms with Crippen molar-refractivity contribution in [3.8, 4) is 0 Å². The van der Waals surface area contributed by atoms with Crippen LogP contribution in [-0.2, 0) is 9.53 Å². The third kappa shape index (κ3) is 3.03. The van der Waals surface area contributed by atoms with Crippen LogP contribution < -0.4 is 5.73 Å². The molecule has 7 heteroatoms. The summed E-state index contributed by atoms with van der Waals surface area (Å²) in [6, 6.07) is 7.44. The summed E-state index contributed by atoms with van der Waals surface area (Å²) < 4.78 is 5.74. The Morgan fingerprint density at radius 3 is 2.50 bits per heavy atom. The van der Waals surface area contributed by atoms with Crippen LogP contribution in [0.5, 0.6) is 0 Å². The van der Waals surface area contributed by atoms with Crippen molar-refractivity contribution < 1.29 is 14.5 Å². The zero-order valence-electron chi connectivity index (χ0n) is 14.0. The molecule has 24 heavy (non-hydrogen) atoms. The molecule has 0 bridgehead atoms. The molecule has 1 unspecified atom stereocenters. The Kier molecular flexibility index (Phi) is 5.35. The van der Waals surface area contributed by atoms with E-state index in [4.69, 9.17) is 10.5 Å². The van der Waals surface area contributed by atoms with E-state index in [0.717, 1.165) is 11.1 Å². The lowest BCUT2D eigenvalue weighted by Gasteiger charge is -2.32. The van der Waals surface area contributed by atoms with Crippen molar-refractivity contribution in [2.45, 2.75) is 26.7 Å². The molecule has 1 heterocycles. The molecule has 1 aromatic rings. The molecular formula is C17H21N3O4. The first-order chi connectivity index (χ1) is 11.4. The van der Waals surface area contributed by atoms with Gasteiger partial charge in [0.05, 0.1) is 16.3 Å². The Bertz CT molecular complexity index is 724. The summed E-state index contributed by atoms with van der Waals surface area (Å²) >= 11 is 0. The molecule has 2 N–H and O–H groups in total. The first-order valence-corrected chi connectivity index (χ1v) is 7.62. The van der Waals surface area contributed by atoms with Gasteiger partial charge in [-0.2, -0.15) is 0 Å². The van der Waals surface area contributed by atoms with Gasteiger partial charge in [-0.25, -0.2) is 0 Å². The van der Waals surface area contributed by atoms with Crippen molar-refractivity contribution in [1.82, 2.24) is 4.90 Å². The monoisotopic (exact) mass is 331 g/mol. The summed E-state index contributed by atoms with van der Waals surface area (Å²) in [6.07, 6.45) is 0.564. The minimum Gasteiger partial charge on any atom is -0.494 e. The highest BCUT2D eigenvalue weighted by molar-refractivity contribution is 5.59. The van der Waals surface area contributed by atoms with E-state index in [9.17, 15) is 14.9 Å². The number of aryl methyl sites for hydroxylation is 1. The number of ether oxygens (including phenoxy) is 1. The third-order valence-electron chi connectivity index (χ3n) is 4.16. The number of rotatable bonds is 6. The number of allylic oxidation sites excluding steroid dienone is 2. The highest BCUT2D eigenvalue weighted by Gasteiger charge is 2.42. The van der Waals surface area contributed by atoms with Gasteiger partial charge in [0, 0.05) is 6.54 Å². The van der Waals surface area contributed by atoms with Crippen LogP contribution in [0.4, 0.5) is 0 Å². The van der Waals surface area contributed by atoms with E-state index in [1.807, 2.05) is 31.2 Å². The van der Waals surface area contributed by atoms with Crippen LogP contribution in [0.1, 0.15) is 30.9 Å². The molecule has 1 aliphatic rings. The van der Waals surface area contributed by atoms with Crippen molar-refractivity contribution in [3.05, 3.63) is 68.4 Å². The molecule has 7 nitrogen and oxygen atoms in total. The average molecular weight is 331 g/mol. The fourth-order valence-corrected chi connectivity index (χ4v) is 2.99. The number of hydrogen-bond acceptors (Lipinski definition) is 5. The zero-order chi connectivity index (χ0) is 17.9. The second-order valence-corrected chi connectivity index (χ2v) is 5.58. The summed E-state index contributed by atoms with van der Waals surface area (Å²) in [5, 5.41) is 11.7. The summed E-state index contributed by atoms with van der Waals surface area (Å²) in [5.74, 6) is -0.289. The maximum atomic E-state index is 11.7. The van der Waals surface area contributed by atoms with Crippen molar-refractivity contribution >= 4 is 6.41 Å². The van der Waals surface area contributed by atoms with Gasteiger partial charge >= 0.3 is 0 Å². The highest BCUT2D eigenvalue weighted by Crippen LogP contribution is 2.42. The quantitative estimate of drug-likeness (QED) is 0.490. The molecule has 0 radical (unpaired) electrons. The molecule has 1 amide bonds. The smallest absolute Gasteiger partial charge is 0.280 e. The predicted octanol–water partition coefficient (Wildman–Crippen LogP) is 2.27. The summed E-state index contributed by atoms with van der Waals surface area (Å²) in [7, 11) is 0. The molecule has 1 aromatic carbocycles. The van der Waals surface area contributed by atoms with E-state index < -0.39 is 10.8 Å². The number of nitro groups is 1. The van der Waals surface area contributed by atoms with Crippen molar-refractivity contribution in [3.63, 3.8) is 0 Å². The minimum atomic E-state index is -0.677. The Morgan fingerprint density at radius 2 is 1.96 bits per heavy atom.